The zero-order valence-corrected chi connectivity index (χ0v) is 10.9. The molecule has 2 aromatic rings. The minimum atomic E-state index is -4.65. The van der Waals surface area contributed by atoms with Crippen LogP contribution in [0.15, 0.2) is 47.7 Å². The van der Waals surface area contributed by atoms with Crippen molar-refractivity contribution in [3.8, 4) is 0 Å². The number of hydrogen-bond acceptors (Lipinski definition) is 5. The van der Waals surface area contributed by atoms with Crippen LogP contribution in [-0.2, 0) is 6.18 Å². The molecular formula is C13H9F3N4O2. The second-order valence-corrected chi connectivity index (χ2v) is 4.11. The third kappa shape index (κ3) is 3.78. The highest BCUT2D eigenvalue weighted by atomic mass is 19.4. The summed E-state index contributed by atoms with van der Waals surface area (Å²) in [6, 6.07) is 7.22. The van der Waals surface area contributed by atoms with Crippen molar-refractivity contribution in [1.82, 2.24) is 4.98 Å². The summed E-state index contributed by atoms with van der Waals surface area (Å²) in [5.74, 6) is 0. The van der Waals surface area contributed by atoms with E-state index in [2.05, 4.69) is 15.5 Å². The van der Waals surface area contributed by atoms with Crippen LogP contribution in [0.4, 0.5) is 24.5 Å². The zero-order valence-electron chi connectivity index (χ0n) is 10.9. The first-order valence-corrected chi connectivity index (χ1v) is 5.93. The van der Waals surface area contributed by atoms with Gasteiger partial charge in [0.15, 0.2) is 0 Å². The predicted octanol–water partition coefficient (Wildman–Crippen LogP) is 3.45. The van der Waals surface area contributed by atoms with E-state index in [1.807, 2.05) is 0 Å². The molecule has 1 N–H and O–H groups in total. The molecule has 1 heterocycles. The van der Waals surface area contributed by atoms with Crippen LogP contribution in [0.3, 0.4) is 0 Å². The molecule has 0 fully saturated rings. The third-order valence-corrected chi connectivity index (χ3v) is 2.59. The summed E-state index contributed by atoms with van der Waals surface area (Å²) in [6.07, 6.45) is -1.83. The standard InChI is InChI=1S/C13H9F3N4O2/c14-13(15,16)9-4-5-11(12(7-9)20(21)22)19-18-8-10-3-1-2-6-17-10/h1-8,19H/b18-8+. The maximum absolute atomic E-state index is 12.6. The van der Waals surface area contributed by atoms with Gasteiger partial charge in [0.25, 0.3) is 5.69 Å². The van der Waals surface area contributed by atoms with Crippen molar-refractivity contribution in [2.45, 2.75) is 6.18 Å². The molecule has 0 aliphatic heterocycles. The fourth-order valence-corrected chi connectivity index (χ4v) is 1.57. The Kier molecular flexibility index (Phi) is 4.35. The average molecular weight is 310 g/mol. The van der Waals surface area contributed by atoms with E-state index in [0.717, 1.165) is 12.1 Å². The van der Waals surface area contributed by atoms with Gasteiger partial charge in [0.1, 0.15) is 5.69 Å². The molecule has 0 saturated carbocycles. The molecule has 9 heteroatoms. The van der Waals surface area contributed by atoms with Crippen LogP contribution in [-0.4, -0.2) is 16.1 Å². The van der Waals surface area contributed by atoms with Gasteiger partial charge in [-0.3, -0.25) is 20.5 Å². The van der Waals surface area contributed by atoms with Gasteiger partial charge >= 0.3 is 6.18 Å². The van der Waals surface area contributed by atoms with E-state index < -0.39 is 22.4 Å². The molecule has 0 radical (unpaired) electrons. The lowest BCUT2D eigenvalue weighted by molar-refractivity contribution is -0.384. The van der Waals surface area contributed by atoms with E-state index >= 15 is 0 Å². The normalized spacial score (nSPS) is 11.6. The lowest BCUT2D eigenvalue weighted by Gasteiger charge is -2.08. The summed E-state index contributed by atoms with van der Waals surface area (Å²) in [4.78, 5) is 13.9. The summed E-state index contributed by atoms with van der Waals surface area (Å²) in [7, 11) is 0. The van der Waals surface area contributed by atoms with Gasteiger partial charge in [-0.1, -0.05) is 6.07 Å². The van der Waals surface area contributed by atoms with Gasteiger partial charge in [0, 0.05) is 12.3 Å². The monoisotopic (exact) mass is 310 g/mol. The zero-order chi connectivity index (χ0) is 16.2. The van der Waals surface area contributed by atoms with Crippen molar-refractivity contribution < 1.29 is 18.1 Å². The van der Waals surface area contributed by atoms with E-state index in [-0.39, 0.29) is 5.69 Å². The quantitative estimate of drug-likeness (QED) is 0.533. The maximum atomic E-state index is 12.6. The Labute approximate surface area is 122 Å². The summed E-state index contributed by atoms with van der Waals surface area (Å²) in [5, 5.41) is 14.6. The van der Waals surface area contributed by atoms with Gasteiger partial charge in [-0.25, -0.2) is 0 Å². The molecule has 0 saturated heterocycles. The Bertz CT molecular complexity index is 702. The van der Waals surface area contributed by atoms with Crippen molar-refractivity contribution in [3.63, 3.8) is 0 Å². The average Bonchev–Trinajstić information content (AvgIpc) is 2.47. The van der Waals surface area contributed by atoms with Crippen LogP contribution in [0.5, 0.6) is 0 Å². The number of hydrogen-bond donors (Lipinski definition) is 1. The van der Waals surface area contributed by atoms with E-state index in [9.17, 15) is 23.3 Å². The molecule has 0 atom stereocenters. The maximum Gasteiger partial charge on any atom is 0.416 e. The number of nitrogens with zero attached hydrogens (tertiary/aromatic N) is 3. The largest absolute Gasteiger partial charge is 0.416 e. The van der Waals surface area contributed by atoms with Crippen molar-refractivity contribution in [2.24, 2.45) is 5.10 Å². The first-order chi connectivity index (χ1) is 10.4. The molecular weight excluding hydrogens is 301 g/mol. The Morgan fingerprint density at radius 3 is 2.64 bits per heavy atom. The number of rotatable bonds is 4. The number of alkyl halides is 3. The van der Waals surface area contributed by atoms with Gasteiger partial charge < -0.3 is 0 Å². The number of benzene rings is 1. The highest BCUT2D eigenvalue weighted by Crippen LogP contribution is 2.34. The van der Waals surface area contributed by atoms with Crippen molar-refractivity contribution in [3.05, 3.63) is 64.0 Å². The number of nitro groups is 1. The molecule has 0 aliphatic rings. The number of nitrogens with one attached hydrogen (secondary N) is 1. The molecule has 22 heavy (non-hydrogen) atoms. The highest BCUT2D eigenvalue weighted by molar-refractivity contribution is 5.78. The van der Waals surface area contributed by atoms with E-state index in [4.69, 9.17) is 0 Å². The number of pyridine rings is 1. The molecule has 0 spiro atoms. The molecule has 6 nitrogen and oxygen atoms in total. The Balaban J connectivity index is 2.24. The van der Waals surface area contributed by atoms with E-state index in [0.29, 0.717) is 11.8 Å². The minimum Gasteiger partial charge on any atom is -0.272 e. The Morgan fingerprint density at radius 2 is 2.05 bits per heavy atom. The number of anilines is 1. The van der Waals surface area contributed by atoms with Gasteiger partial charge in [-0.2, -0.15) is 18.3 Å². The van der Waals surface area contributed by atoms with Gasteiger partial charge in [-0.05, 0) is 24.3 Å². The molecule has 1 aromatic heterocycles. The van der Waals surface area contributed by atoms with Crippen molar-refractivity contribution >= 4 is 17.6 Å². The summed E-state index contributed by atoms with van der Waals surface area (Å²) < 4.78 is 37.7. The first-order valence-electron chi connectivity index (χ1n) is 5.93. The number of halogens is 3. The predicted molar refractivity (Wildman–Crippen MR) is 73.6 cm³/mol. The smallest absolute Gasteiger partial charge is 0.272 e. The number of nitro benzene ring substituents is 1. The Hall–Kier alpha value is -2.97. The van der Waals surface area contributed by atoms with Gasteiger partial charge in [0.05, 0.1) is 22.4 Å². The summed E-state index contributed by atoms with van der Waals surface area (Å²) in [6.45, 7) is 0. The van der Waals surface area contributed by atoms with Crippen LogP contribution in [0, 0.1) is 10.1 Å². The van der Waals surface area contributed by atoms with Crippen LogP contribution in [0.2, 0.25) is 0 Å². The third-order valence-electron chi connectivity index (χ3n) is 2.59. The molecule has 0 amide bonds. The van der Waals surface area contributed by atoms with Crippen LogP contribution in [0.25, 0.3) is 0 Å². The molecule has 1 aromatic carbocycles. The van der Waals surface area contributed by atoms with Gasteiger partial charge in [0.2, 0.25) is 0 Å². The molecule has 114 valence electrons. The van der Waals surface area contributed by atoms with Crippen LogP contribution in [0.1, 0.15) is 11.3 Å². The van der Waals surface area contributed by atoms with E-state index in [1.165, 1.54) is 12.4 Å². The first kappa shape index (κ1) is 15.4. The van der Waals surface area contributed by atoms with Crippen LogP contribution < -0.4 is 5.43 Å². The number of aromatic nitrogens is 1. The SMILES string of the molecule is O=[N+]([O-])c1cc(C(F)(F)F)ccc1N/N=C/c1ccccn1. The van der Waals surface area contributed by atoms with Gasteiger partial charge in [-0.15, -0.1) is 0 Å². The lowest BCUT2D eigenvalue weighted by atomic mass is 10.1. The number of hydrazone groups is 1. The summed E-state index contributed by atoms with van der Waals surface area (Å²) >= 11 is 0. The van der Waals surface area contributed by atoms with Crippen molar-refractivity contribution in [2.75, 3.05) is 5.43 Å². The molecule has 2 rings (SSSR count). The summed E-state index contributed by atoms with van der Waals surface area (Å²) in [5.41, 5.74) is 0.871. The van der Waals surface area contributed by atoms with E-state index in [1.54, 1.807) is 18.2 Å². The fourth-order valence-electron chi connectivity index (χ4n) is 1.57. The van der Waals surface area contributed by atoms with Crippen molar-refractivity contribution in [1.29, 1.82) is 0 Å². The topological polar surface area (TPSA) is 80.4 Å². The lowest BCUT2D eigenvalue weighted by Crippen LogP contribution is -2.06. The second kappa shape index (κ2) is 6.20. The Morgan fingerprint density at radius 1 is 1.27 bits per heavy atom. The second-order valence-electron chi connectivity index (χ2n) is 4.11. The van der Waals surface area contributed by atoms with Crippen LogP contribution >= 0.6 is 0 Å². The fraction of sp³-hybridized carbons (Fsp3) is 0.0769. The minimum absolute atomic E-state index is 0.148. The molecule has 0 bridgehead atoms. The highest BCUT2D eigenvalue weighted by Gasteiger charge is 2.33. The molecule has 0 aliphatic carbocycles. The molecule has 0 unspecified atom stereocenters.